The lowest BCUT2D eigenvalue weighted by Gasteiger charge is -2.12. The number of allylic oxidation sites excluding steroid dienone is 1. The summed E-state index contributed by atoms with van der Waals surface area (Å²) in [6, 6.07) is 23.6. The molecule has 0 amide bonds. The molecule has 0 bridgehead atoms. The Balaban J connectivity index is 1.93. The molecule has 0 atom stereocenters. The van der Waals surface area contributed by atoms with Gasteiger partial charge in [-0.1, -0.05) is 78.9 Å². The van der Waals surface area contributed by atoms with Crippen LogP contribution in [-0.2, 0) is 0 Å². The first-order chi connectivity index (χ1) is 9.43. The molecule has 3 aromatic carbocycles. The molecule has 19 heavy (non-hydrogen) atoms. The minimum Gasteiger partial charge on any atom is -0.0674 e. The molecular formula is C19H13. The van der Waals surface area contributed by atoms with E-state index in [2.05, 4.69) is 78.9 Å². The van der Waals surface area contributed by atoms with Gasteiger partial charge in [-0.25, -0.2) is 0 Å². The Morgan fingerprint density at radius 3 is 2.26 bits per heavy atom. The van der Waals surface area contributed by atoms with Gasteiger partial charge in [-0.15, -0.1) is 0 Å². The molecule has 1 aliphatic carbocycles. The zero-order valence-electron chi connectivity index (χ0n) is 10.5. The number of fused-ring (bicyclic) bond motifs is 3. The smallest absolute Gasteiger partial charge is 0.0563 e. The SMILES string of the molecule is C1=Cc2c(ccc3ccccc23)[C]1c1ccccc1. The molecule has 3 aromatic rings. The Bertz CT molecular complexity index is 766. The van der Waals surface area contributed by atoms with E-state index in [9.17, 15) is 0 Å². The van der Waals surface area contributed by atoms with Crippen molar-refractivity contribution in [1.82, 2.24) is 0 Å². The molecule has 0 nitrogen and oxygen atoms in total. The van der Waals surface area contributed by atoms with Crippen LogP contribution in [0.3, 0.4) is 0 Å². The van der Waals surface area contributed by atoms with Gasteiger partial charge < -0.3 is 0 Å². The van der Waals surface area contributed by atoms with Crippen LogP contribution in [0.15, 0.2) is 72.8 Å². The topological polar surface area (TPSA) is 0 Å². The molecule has 0 aromatic heterocycles. The Kier molecular flexibility index (Phi) is 2.28. The summed E-state index contributed by atoms with van der Waals surface area (Å²) < 4.78 is 0. The predicted molar refractivity (Wildman–Crippen MR) is 80.9 cm³/mol. The van der Waals surface area contributed by atoms with E-state index in [0.717, 1.165) is 0 Å². The van der Waals surface area contributed by atoms with Crippen molar-refractivity contribution in [2.75, 3.05) is 0 Å². The highest BCUT2D eigenvalue weighted by molar-refractivity contribution is 5.95. The highest BCUT2D eigenvalue weighted by atomic mass is 14.2. The maximum Gasteiger partial charge on any atom is 0.0563 e. The van der Waals surface area contributed by atoms with Crippen LogP contribution < -0.4 is 0 Å². The summed E-state index contributed by atoms with van der Waals surface area (Å²) >= 11 is 0. The summed E-state index contributed by atoms with van der Waals surface area (Å²) in [5.74, 6) is 1.32. The standard InChI is InChI=1S/C19H13/c1-2-6-14(7-3-1)17-12-13-19-16-9-5-4-8-15(16)10-11-18(17)19/h1-13H. The molecule has 0 heterocycles. The van der Waals surface area contributed by atoms with E-state index in [1.54, 1.807) is 0 Å². The molecule has 0 spiro atoms. The molecular weight excluding hydrogens is 228 g/mol. The van der Waals surface area contributed by atoms with Crippen molar-refractivity contribution >= 4 is 16.8 Å². The van der Waals surface area contributed by atoms with Gasteiger partial charge >= 0.3 is 0 Å². The second kappa shape index (κ2) is 4.10. The van der Waals surface area contributed by atoms with E-state index in [1.165, 1.54) is 33.4 Å². The Morgan fingerprint density at radius 1 is 0.579 bits per heavy atom. The predicted octanol–water partition coefficient (Wildman–Crippen LogP) is 4.84. The van der Waals surface area contributed by atoms with Gasteiger partial charge in [0.05, 0.1) is 5.92 Å². The van der Waals surface area contributed by atoms with Crippen molar-refractivity contribution in [3.63, 3.8) is 0 Å². The lowest BCUT2D eigenvalue weighted by Crippen LogP contribution is -1.96. The van der Waals surface area contributed by atoms with Crippen LogP contribution in [0.25, 0.3) is 16.8 Å². The first-order valence-electron chi connectivity index (χ1n) is 6.56. The molecule has 0 aliphatic heterocycles. The second-order valence-corrected chi connectivity index (χ2v) is 4.86. The van der Waals surface area contributed by atoms with Crippen molar-refractivity contribution < 1.29 is 0 Å². The van der Waals surface area contributed by atoms with Crippen LogP contribution in [0.1, 0.15) is 16.7 Å². The molecule has 0 saturated carbocycles. The van der Waals surface area contributed by atoms with E-state index >= 15 is 0 Å². The fourth-order valence-electron chi connectivity index (χ4n) is 2.84. The molecule has 1 aliphatic rings. The first kappa shape index (κ1) is 10.6. The number of rotatable bonds is 1. The van der Waals surface area contributed by atoms with Gasteiger partial charge in [-0.3, -0.25) is 0 Å². The lowest BCUT2D eigenvalue weighted by atomic mass is 9.91. The Labute approximate surface area is 113 Å². The summed E-state index contributed by atoms with van der Waals surface area (Å²) in [5.41, 5.74) is 3.97. The van der Waals surface area contributed by atoms with Crippen LogP contribution in [-0.4, -0.2) is 0 Å². The molecule has 1 radical (unpaired) electrons. The minimum absolute atomic E-state index is 1.28. The van der Waals surface area contributed by atoms with Crippen molar-refractivity contribution in [2.24, 2.45) is 0 Å². The normalized spacial score (nSPS) is 13.9. The van der Waals surface area contributed by atoms with Crippen LogP contribution in [0.5, 0.6) is 0 Å². The zero-order valence-corrected chi connectivity index (χ0v) is 10.5. The number of hydrogen-bond donors (Lipinski definition) is 0. The van der Waals surface area contributed by atoms with E-state index in [4.69, 9.17) is 0 Å². The van der Waals surface area contributed by atoms with E-state index in [1.807, 2.05) is 0 Å². The molecule has 4 rings (SSSR count). The van der Waals surface area contributed by atoms with Crippen molar-refractivity contribution in [1.29, 1.82) is 0 Å². The van der Waals surface area contributed by atoms with E-state index < -0.39 is 0 Å². The van der Waals surface area contributed by atoms with Gasteiger partial charge in [0.15, 0.2) is 0 Å². The molecule has 0 unspecified atom stereocenters. The van der Waals surface area contributed by atoms with Crippen LogP contribution in [0.4, 0.5) is 0 Å². The fourth-order valence-corrected chi connectivity index (χ4v) is 2.84. The summed E-state index contributed by atoms with van der Waals surface area (Å²) in [7, 11) is 0. The second-order valence-electron chi connectivity index (χ2n) is 4.86. The lowest BCUT2D eigenvalue weighted by molar-refractivity contribution is 1.32. The highest BCUT2D eigenvalue weighted by Crippen LogP contribution is 2.37. The average Bonchev–Trinajstić information content (AvgIpc) is 2.92. The van der Waals surface area contributed by atoms with Crippen LogP contribution in [0, 0.1) is 5.92 Å². The van der Waals surface area contributed by atoms with Gasteiger partial charge in [0.2, 0.25) is 0 Å². The summed E-state index contributed by atoms with van der Waals surface area (Å²) in [5, 5.41) is 2.64. The maximum absolute atomic E-state index is 2.24. The molecule has 89 valence electrons. The third-order valence-electron chi connectivity index (χ3n) is 3.76. The monoisotopic (exact) mass is 241 g/mol. The van der Waals surface area contributed by atoms with Gasteiger partial charge in [0, 0.05) is 0 Å². The van der Waals surface area contributed by atoms with Gasteiger partial charge in [-0.2, -0.15) is 0 Å². The maximum atomic E-state index is 2.24. The van der Waals surface area contributed by atoms with Gasteiger partial charge in [0.25, 0.3) is 0 Å². The fraction of sp³-hybridized carbons (Fsp3) is 0. The summed E-state index contributed by atoms with van der Waals surface area (Å²) in [6.45, 7) is 0. The van der Waals surface area contributed by atoms with Crippen LogP contribution >= 0.6 is 0 Å². The van der Waals surface area contributed by atoms with Crippen molar-refractivity contribution in [2.45, 2.75) is 0 Å². The highest BCUT2D eigenvalue weighted by Gasteiger charge is 2.20. The van der Waals surface area contributed by atoms with Crippen molar-refractivity contribution in [3.8, 4) is 0 Å². The zero-order chi connectivity index (χ0) is 12.7. The third-order valence-corrected chi connectivity index (χ3v) is 3.76. The van der Waals surface area contributed by atoms with Gasteiger partial charge in [-0.05, 0) is 27.5 Å². The molecule has 0 N–H and O–H groups in total. The first-order valence-corrected chi connectivity index (χ1v) is 6.56. The molecule has 0 saturated heterocycles. The third kappa shape index (κ3) is 1.61. The summed E-state index contributed by atoms with van der Waals surface area (Å²) in [6.07, 6.45) is 4.46. The van der Waals surface area contributed by atoms with Gasteiger partial charge in [0.1, 0.15) is 0 Å². The number of benzene rings is 3. The largest absolute Gasteiger partial charge is 0.0674 e. The van der Waals surface area contributed by atoms with Crippen LogP contribution in [0.2, 0.25) is 0 Å². The summed E-state index contributed by atoms with van der Waals surface area (Å²) in [4.78, 5) is 0. The Hall–Kier alpha value is -2.34. The average molecular weight is 241 g/mol. The number of hydrogen-bond acceptors (Lipinski definition) is 0. The quantitative estimate of drug-likeness (QED) is 0.572. The molecule has 0 fully saturated rings. The van der Waals surface area contributed by atoms with E-state index in [0.29, 0.717) is 0 Å². The Morgan fingerprint density at radius 2 is 1.37 bits per heavy atom. The minimum atomic E-state index is 1.28. The van der Waals surface area contributed by atoms with E-state index in [-0.39, 0.29) is 0 Å². The molecule has 0 heteroatoms. The van der Waals surface area contributed by atoms with Crippen molar-refractivity contribution in [3.05, 3.63) is 95.4 Å².